The number of hydrogen-bond acceptors (Lipinski definition) is 5. The first-order chi connectivity index (χ1) is 11.1. The third kappa shape index (κ3) is 6.54. The van der Waals surface area contributed by atoms with Gasteiger partial charge in [-0.15, -0.1) is 0 Å². The zero-order valence-electron chi connectivity index (χ0n) is 14.2. The molecule has 0 bridgehead atoms. The van der Waals surface area contributed by atoms with Crippen molar-refractivity contribution in [3.05, 3.63) is 24.0 Å². The van der Waals surface area contributed by atoms with Crippen LogP contribution in [0.15, 0.2) is 18.3 Å². The minimum Gasteiger partial charge on any atom is -0.384 e. The van der Waals surface area contributed by atoms with Crippen molar-refractivity contribution in [1.29, 1.82) is 0 Å². The number of pyridine rings is 1. The van der Waals surface area contributed by atoms with Crippen LogP contribution in [0.5, 0.6) is 0 Å². The summed E-state index contributed by atoms with van der Waals surface area (Å²) in [6.07, 6.45) is 2.83. The van der Waals surface area contributed by atoms with Gasteiger partial charge in [-0.3, -0.25) is 9.69 Å². The third-order valence-electron chi connectivity index (χ3n) is 3.86. The Morgan fingerprint density at radius 2 is 2.09 bits per heavy atom. The lowest BCUT2D eigenvalue weighted by atomic mass is 10.1. The van der Waals surface area contributed by atoms with Gasteiger partial charge in [0.1, 0.15) is 5.69 Å². The highest BCUT2D eigenvalue weighted by Gasteiger charge is 2.11. The van der Waals surface area contributed by atoms with E-state index in [1.165, 1.54) is 0 Å². The first-order valence-corrected chi connectivity index (χ1v) is 8.43. The molecule has 23 heavy (non-hydrogen) atoms. The molecule has 1 aromatic rings. The molecule has 1 aliphatic heterocycles. The number of nitrogens with one attached hydrogen (secondary N) is 2. The Hall–Kier alpha value is -1.66. The predicted molar refractivity (Wildman–Crippen MR) is 91.8 cm³/mol. The van der Waals surface area contributed by atoms with E-state index in [9.17, 15) is 4.79 Å². The monoisotopic (exact) mass is 320 g/mol. The summed E-state index contributed by atoms with van der Waals surface area (Å²) < 4.78 is 5.30. The number of ether oxygens (including phenoxy) is 1. The van der Waals surface area contributed by atoms with Crippen LogP contribution in [-0.4, -0.2) is 61.7 Å². The Morgan fingerprint density at radius 1 is 1.30 bits per heavy atom. The summed E-state index contributed by atoms with van der Waals surface area (Å²) in [7, 11) is 0. The fraction of sp³-hybridized carbons (Fsp3) is 0.647. The summed E-state index contributed by atoms with van der Waals surface area (Å²) in [6.45, 7) is 10.2. The highest BCUT2D eigenvalue weighted by Crippen LogP contribution is 2.07. The highest BCUT2D eigenvalue weighted by atomic mass is 16.5. The molecule has 6 heteroatoms. The van der Waals surface area contributed by atoms with Crippen LogP contribution in [0.25, 0.3) is 0 Å². The highest BCUT2D eigenvalue weighted by molar-refractivity contribution is 5.92. The van der Waals surface area contributed by atoms with Gasteiger partial charge < -0.3 is 15.4 Å². The van der Waals surface area contributed by atoms with Crippen LogP contribution in [0.3, 0.4) is 0 Å². The van der Waals surface area contributed by atoms with E-state index >= 15 is 0 Å². The number of nitrogens with zero attached hydrogens (tertiary/aromatic N) is 2. The molecule has 0 saturated carbocycles. The molecule has 0 aromatic carbocycles. The van der Waals surface area contributed by atoms with Crippen molar-refractivity contribution in [2.24, 2.45) is 5.92 Å². The molecule has 1 aromatic heterocycles. The zero-order chi connectivity index (χ0) is 16.5. The Kier molecular flexibility index (Phi) is 7.29. The number of carbonyl (C=O) groups excluding carboxylic acids is 1. The van der Waals surface area contributed by atoms with Crippen LogP contribution in [0.1, 0.15) is 30.8 Å². The lowest BCUT2D eigenvalue weighted by Crippen LogP contribution is -2.41. The Labute approximate surface area is 138 Å². The molecule has 0 spiro atoms. The summed E-state index contributed by atoms with van der Waals surface area (Å²) >= 11 is 0. The van der Waals surface area contributed by atoms with E-state index in [0.29, 0.717) is 18.2 Å². The van der Waals surface area contributed by atoms with E-state index in [0.717, 1.165) is 51.5 Å². The maximum Gasteiger partial charge on any atom is 0.269 e. The van der Waals surface area contributed by atoms with Crippen molar-refractivity contribution in [2.75, 3.05) is 51.3 Å². The molecular weight excluding hydrogens is 292 g/mol. The lowest BCUT2D eigenvalue weighted by Gasteiger charge is -2.26. The quantitative estimate of drug-likeness (QED) is 0.762. The Morgan fingerprint density at radius 3 is 2.74 bits per heavy atom. The fourth-order valence-corrected chi connectivity index (χ4v) is 2.38. The second-order valence-electron chi connectivity index (χ2n) is 6.25. The molecule has 1 fully saturated rings. The van der Waals surface area contributed by atoms with Gasteiger partial charge in [0.15, 0.2) is 0 Å². The van der Waals surface area contributed by atoms with E-state index in [2.05, 4.69) is 34.4 Å². The van der Waals surface area contributed by atoms with Gasteiger partial charge in [-0.25, -0.2) is 4.98 Å². The zero-order valence-corrected chi connectivity index (χ0v) is 14.2. The van der Waals surface area contributed by atoms with Crippen LogP contribution in [-0.2, 0) is 4.74 Å². The smallest absolute Gasteiger partial charge is 0.269 e. The minimum absolute atomic E-state index is 0.119. The number of rotatable bonds is 8. The number of anilines is 1. The largest absolute Gasteiger partial charge is 0.384 e. The summed E-state index contributed by atoms with van der Waals surface area (Å²) in [5.41, 5.74) is 1.41. The van der Waals surface area contributed by atoms with E-state index in [4.69, 9.17) is 4.74 Å². The van der Waals surface area contributed by atoms with E-state index in [1.807, 2.05) is 6.07 Å². The molecule has 1 aliphatic rings. The predicted octanol–water partition coefficient (Wildman–Crippen LogP) is 1.60. The van der Waals surface area contributed by atoms with Crippen molar-refractivity contribution in [1.82, 2.24) is 15.2 Å². The molecule has 0 unspecified atom stereocenters. The van der Waals surface area contributed by atoms with Gasteiger partial charge >= 0.3 is 0 Å². The van der Waals surface area contributed by atoms with Crippen molar-refractivity contribution < 1.29 is 9.53 Å². The number of carbonyl (C=O) groups is 1. The van der Waals surface area contributed by atoms with Gasteiger partial charge in [-0.2, -0.15) is 0 Å². The van der Waals surface area contributed by atoms with Gasteiger partial charge in [-0.1, -0.05) is 13.8 Å². The molecule has 1 saturated heterocycles. The van der Waals surface area contributed by atoms with Crippen molar-refractivity contribution in [3.63, 3.8) is 0 Å². The van der Waals surface area contributed by atoms with Crippen LogP contribution < -0.4 is 10.6 Å². The number of aromatic nitrogens is 1. The second kappa shape index (κ2) is 9.47. The summed E-state index contributed by atoms with van der Waals surface area (Å²) in [5.74, 6) is 0.555. The standard InChI is InChI=1S/C17H28N4O2/c1-14(2)5-6-18-15-3-4-16(20-13-15)17(22)19-7-8-21-9-11-23-12-10-21/h3-4,13-14,18H,5-12H2,1-2H3,(H,19,22). The Balaban J connectivity index is 1.69. The summed E-state index contributed by atoms with van der Waals surface area (Å²) in [5, 5.41) is 6.24. The van der Waals surface area contributed by atoms with Crippen molar-refractivity contribution >= 4 is 11.6 Å². The van der Waals surface area contributed by atoms with E-state index in [-0.39, 0.29) is 5.91 Å². The number of amides is 1. The summed E-state index contributed by atoms with van der Waals surface area (Å²) in [4.78, 5) is 18.6. The number of hydrogen-bond donors (Lipinski definition) is 2. The van der Waals surface area contributed by atoms with Crippen LogP contribution in [0, 0.1) is 5.92 Å². The first kappa shape index (κ1) is 17.7. The lowest BCUT2D eigenvalue weighted by molar-refractivity contribution is 0.0383. The Bertz CT molecular complexity index is 470. The molecule has 6 nitrogen and oxygen atoms in total. The van der Waals surface area contributed by atoms with E-state index in [1.54, 1.807) is 12.3 Å². The van der Waals surface area contributed by atoms with Crippen LogP contribution in [0.2, 0.25) is 0 Å². The normalized spacial score (nSPS) is 15.6. The average Bonchev–Trinajstić information content (AvgIpc) is 2.56. The molecule has 0 atom stereocenters. The topological polar surface area (TPSA) is 66.5 Å². The molecule has 128 valence electrons. The summed E-state index contributed by atoms with van der Waals surface area (Å²) in [6, 6.07) is 3.67. The maximum absolute atomic E-state index is 12.1. The molecule has 2 rings (SSSR count). The average molecular weight is 320 g/mol. The van der Waals surface area contributed by atoms with Gasteiger partial charge in [0.2, 0.25) is 0 Å². The number of morpholine rings is 1. The first-order valence-electron chi connectivity index (χ1n) is 8.43. The molecule has 0 radical (unpaired) electrons. The SMILES string of the molecule is CC(C)CCNc1ccc(C(=O)NCCN2CCOCC2)nc1. The van der Waals surface area contributed by atoms with E-state index < -0.39 is 0 Å². The van der Waals surface area contributed by atoms with Crippen LogP contribution in [0.4, 0.5) is 5.69 Å². The molecule has 2 N–H and O–H groups in total. The second-order valence-corrected chi connectivity index (χ2v) is 6.25. The van der Waals surface area contributed by atoms with Crippen LogP contribution >= 0.6 is 0 Å². The molecular formula is C17H28N4O2. The maximum atomic E-state index is 12.1. The molecule has 1 amide bonds. The van der Waals surface area contributed by atoms with Gasteiger partial charge in [0, 0.05) is 32.7 Å². The van der Waals surface area contributed by atoms with Gasteiger partial charge in [0.25, 0.3) is 5.91 Å². The molecule has 2 heterocycles. The molecule has 0 aliphatic carbocycles. The van der Waals surface area contributed by atoms with Crippen molar-refractivity contribution in [3.8, 4) is 0 Å². The fourth-order valence-electron chi connectivity index (χ4n) is 2.38. The van der Waals surface area contributed by atoms with Crippen molar-refractivity contribution in [2.45, 2.75) is 20.3 Å². The van der Waals surface area contributed by atoms with Gasteiger partial charge in [0.05, 0.1) is 25.1 Å². The van der Waals surface area contributed by atoms with Gasteiger partial charge in [-0.05, 0) is 24.5 Å². The third-order valence-corrected chi connectivity index (χ3v) is 3.86. The minimum atomic E-state index is -0.119.